The van der Waals surface area contributed by atoms with Gasteiger partial charge in [-0.15, -0.1) is 0 Å². The molecule has 0 N–H and O–H groups in total. The zero-order valence-electron chi connectivity index (χ0n) is 12.7. The van der Waals surface area contributed by atoms with Gasteiger partial charge in [0.1, 0.15) is 18.7 Å². The number of nitriles is 2. The topological polar surface area (TPSA) is 85.7 Å². The van der Waals surface area contributed by atoms with E-state index in [0.29, 0.717) is 0 Å². The molecule has 0 fully saturated rings. The summed E-state index contributed by atoms with van der Waals surface area (Å²) in [7, 11) is 0. The Bertz CT molecular complexity index is 839. The Morgan fingerprint density at radius 3 is 2.87 bits per heavy atom. The van der Waals surface area contributed by atoms with Gasteiger partial charge in [-0.05, 0) is 31.4 Å². The summed E-state index contributed by atoms with van der Waals surface area (Å²) in [4.78, 5) is 18.5. The fourth-order valence-electron chi connectivity index (χ4n) is 2.99. The monoisotopic (exact) mass is 305 g/mol. The maximum absolute atomic E-state index is 12.8. The van der Waals surface area contributed by atoms with Crippen LogP contribution < -0.4 is 4.90 Å². The number of aryl methyl sites for hydroxylation is 1. The molecular formula is C17H15N5O. The average molecular weight is 305 g/mol. The molecule has 0 aliphatic carbocycles. The van der Waals surface area contributed by atoms with E-state index in [0.717, 1.165) is 24.1 Å². The number of hydrogen-bond donors (Lipinski definition) is 0. The minimum absolute atomic E-state index is 0.00372. The number of para-hydroxylation sites is 1. The van der Waals surface area contributed by atoms with Crippen molar-refractivity contribution in [2.75, 3.05) is 4.90 Å². The maximum atomic E-state index is 12.8. The summed E-state index contributed by atoms with van der Waals surface area (Å²) in [5.41, 5.74) is 2.25. The van der Waals surface area contributed by atoms with Crippen molar-refractivity contribution in [1.29, 1.82) is 10.5 Å². The minimum atomic E-state index is -0.108. The zero-order chi connectivity index (χ0) is 16.4. The molecule has 0 spiro atoms. The van der Waals surface area contributed by atoms with E-state index in [1.54, 1.807) is 4.90 Å². The molecule has 6 nitrogen and oxygen atoms in total. The molecule has 114 valence electrons. The van der Waals surface area contributed by atoms with Crippen molar-refractivity contribution in [3.8, 4) is 12.1 Å². The summed E-state index contributed by atoms with van der Waals surface area (Å²) in [6, 6.07) is 11.8. The van der Waals surface area contributed by atoms with Gasteiger partial charge in [0.2, 0.25) is 5.91 Å². The van der Waals surface area contributed by atoms with E-state index in [1.165, 1.54) is 10.9 Å². The maximum Gasteiger partial charge on any atom is 0.247 e. The Labute approximate surface area is 134 Å². The summed E-state index contributed by atoms with van der Waals surface area (Å²) < 4.78 is 1.44. The molecule has 0 saturated carbocycles. The molecule has 1 amide bonds. The molecule has 2 heterocycles. The Morgan fingerprint density at radius 2 is 2.13 bits per heavy atom. The van der Waals surface area contributed by atoms with E-state index >= 15 is 0 Å². The lowest BCUT2D eigenvalue weighted by molar-refractivity contribution is -0.119. The number of aromatic nitrogens is 2. The lowest BCUT2D eigenvalue weighted by Gasteiger charge is -2.35. The molecule has 1 aliphatic rings. The van der Waals surface area contributed by atoms with Crippen LogP contribution in [-0.2, 0) is 17.8 Å². The van der Waals surface area contributed by atoms with Crippen molar-refractivity contribution in [3.05, 3.63) is 47.5 Å². The van der Waals surface area contributed by atoms with Gasteiger partial charge in [-0.2, -0.15) is 10.5 Å². The lowest BCUT2D eigenvalue weighted by atomic mass is 9.96. The smallest absolute Gasteiger partial charge is 0.247 e. The number of anilines is 1. The van der Waals surface area contributed by atoms with E-state index in [1.807, 2.05) is 43.3 Å². The first-order chi connectivity index (χ1) is 11.2. The van der Waals surface area contributed by atoms with Gasteiger partial charge in [0.05, 0.1) is 6.33 Å². The Hall–Kier alpha value is -3.12. The molecule has 0 bridgehead atoms. The first-order valence-corrected chi connectivity index (χ1v) is 7.41. The van der Waals surface area contributed by atoms with Crippen LogP contribution in [0.25, 0.3) is 0 Å². The van der Waals surface area contributed by atoms with Crippen LogP contribution >= 0.6 is 0 Å². The van der Waals surface area contributed by atoms with Gasteiger partial charge >= 0.3 is 0 Å². The third kappa shape index (κ3) is 2.56. The third-order valence-corrected chi connectivity index (χ3v) is 4.15. The normalized spacial score (nSPS) is 16.3. The molecule has 23 heavy (non-hydrogen) atoms. The molecule has 0 unspecified atom stereocenters. The zero-order valence-corrected chi connectivity index (χ0v) is 12.7. The fourth-order valence-corrected chi connectivity index (χ4v) is 2.99. The third-order valence-electron chi connectivity index (χ3n) is 4.15. The Balaban J connectivity index is 1.91. The molecule has 0 radical (unpaired) electrons. The van der Waals surface area contributed by atoms with E-state index in [2.05, 4.69) is 4.98 Å². The second-order valence-electron chi connectivity index (χ2n) is 5.57. The number of hydrogen-bond acceptors (Lipinski definition) is 4. The fraction of sp³-hybridized carbons (Fsp3) is 0.294. The van der Waals surface area contributed by atoms with Crippen molar-refractivity contribution in [2.45, 2.75) is 32.4 Å². The van der Waals surface area contributed by atoms with Gasteiger partial charge in [0, 0.05) is 11.7 Å². The second-order valence-corrected chi connectivity index (χ2v) is 5.57. The molecule has 1 aliphatic heterocycles. The van der Waals surface area contributed by atoms with Crippen molar-refractivity contribution in [1.82, 2.24) is 9.55 Å². The Kier molecular flexibility index (Phi) is 3.82. The van der Waals surface area contributed by atoms with Crippen molar-refractivity contribution in [3.63, 3.8) is 0 Å². The largest absolute Gasteiger partial charge is 0.312 e. The number of imidazole rings is 1. The van der Waals surface area contributed by atoms with Gasteiger partial charge in [-0.3, -0.25) is 4.79 Å². The molecule has 2 aromatic rings. The van der Waals surface area contributed by atoms with Gasteiger partial charge < -0.3 is 9.47 Å². The first-order valence-electron chi connectivity index (χ1n) is 7.41. The van der Waals surface area contributed by atoms with Gasteiger partial charge in [0.25, 0.3) is 0 Å². The highest BCUT2D eigenvalue weighted by Gasteiger charge is 2.28. The van der Waals surface area contributed by atoms with Crippen LogP contribution in [0, 0.1) is 22.7 Å². The molecule has 1 aromatic carbocycles. The number of benzene rings is 1. The van der Waals surface area contributed by atoms with E-state index in [9.17, 15) is 4.79 Å². The van der Waals surface area contributed by atoms with Crippen LogP contribution in [0.15, 0.2) is 30.6 Å². The summed E-state index contributed by atoms with van der Waals surface area (Å²) in [6.07, 6.45) is 3.23. The van der Waals surface area contributed by atoms with Crippen LogP contribution in [0.2, 0.25) is 0 Å². The molecule has 1 atom stereocenters. The van der Waals surface area contributed by atoms with E-state index in [4.69, 9.17) is 10.5 Å². The first kappa shape index (κ1) is 14.8. The molecule has 1 aromatic heterocycles. The predicted molar refractivity (Wildman–Crippen MR) is 83.4 cm³/mol. The van der Waals surface area contributed by atoms with Crippen LogP contribution in [0.1, 0.15) is 30.3 Å². The average Bonchev–Trinajstić information content (AvgIpc) is 2.96. The number of fused-ring (bicyclic) bond motifs is 1. The van der Waals surface area contributed by atoms with Crippen molar-refractivity contribution in [2.24, 2.45) is 0 Å². The minimum Gasteiger partial charge on any atom is -0.312 e. The van der Waals surface area contributed by atoms with Crippen LogP contribution in [0.3, 0.4) is 0 Å². The van der Waals surface area contributed by atoms with Crippen molar-refractivity contribution >= 4 is 11.6 Å². The summed E-state index contributed by atoms with van der Waals surface area (Å²) in [5.74, 6) is -0.108. The van der Waals surface area contributed by atoms with E-state index in [-0.39, 0.29) is 29.9 Å². The molecule has 3 rings (SSSR count). The molecular weight excluding hydrogens is 290 g/mol. The molecule has 0 saturated heterocycles. The second kappa shape index (κ2) is 5.94. The van der Waals surface area contributed by atoms with Gasteiger partial charge in [0.15, 0.2) is 11.4 Å². The number of rotatable bonds is 2. The quantitative estimate of drug-likeness (QED) is 0.849. The van der Waals surface area contributed by atoms with Crippen molar-refractivity contribution < 1.29 is 4.79 Å². The summed E-state index contributed by atoms with van der Waals surface area (Å²) >= 11 is 0. The highest BCUT2D eigenvalue weighted by molar-refractivity contribution is 5.95. The van der Waals surface area contributed by atoms with Crippen LogP contribution in [0.5, 0.6) is 0 Å². The van der Waals surface area contributed by atoms with Crippen LogP contribution in [-0.4, -0.2) is 21.5 Å². The van der Waals surface area contributed by atoms with Gasteiger partial charge in [-0.1, -0.05) is 18.2 Å². The SMILES string of the molecule is C[C@@H]1CCc2ccccc2N1C(=O)Cn1cnc(C#N)c1C#N. The van der Waals surface area contributed by atoms with Gasteiger partial charge in [-0.25, -0.2) is 4.98 Å². The summed E-state index contributed by atoms with van der Waals surface area (Å²) in [5, 5.41) is 18.1. The van der Waals surface area contributed by atoms with E-state index < -0.39 is 0 Å². The number of carbonyl (C=O) groups excluding carboxylic acids is 1. The highest BCUT2D eigenvalue weighted by atomic mass is 16.2. The van der Waals surface area contributed by atoms with Crippen LogP contribution in [0.4, 0.5) is 5.69 Å². The molecule has 6 heteroatoms. The standard InChI is InChI=1S/C17H15N5O/c1-12-6-7-13-4-2-3-5-15(13)22(12)17(23)10-21-11-20-14(8-18)16(21)9-19/h2-5,11-12H,6-7,10H2,1H3/t12-/m1/s1. The number of nitrogens with zero attached hydrogens (tertiary/aromatic N) is 5. The predicted octanol–water partition coefficient (Wildman–Crippen LogP) is 1.99. The lowest BCUT2D eigenvalue weighted by Crippen LogP contribution is -2.43. The highest BCUT2D eigenvalue weighted by Crippen LogP contribution is 2.30. The summed E-state index contributed by atoms with van der Waals surface area (Å²) in [6.45, 7) is 2.02. The Morgan fingerprint density at radius 1 is 1.35 bits per heavy atom. The number of amides is 1. The number of carbonyl (C=O) groups is 1.